The molecule has 0 radical (unpaired) electrons. The first-order chi connectivity index (χ1) is 12.7. The molecule has 0 heterocycles. The van der Waals surface area contributed by atoms with Crippen molar-refractivity contribution in [2.24, 2.45) is 0 Å². The first-order valence-corrected chi connectivity index (χ1v) is 11.3. The lowest BCUT2D eigenvalue weighted by Gasteiger charge is -2.50. The van der Waals surface area contributed by atoms with Crippen LogP contribution in [0.25, 0.3) is 0 Å². The van der Waals surface area contributed by atoms with Gasteiger partial charge in [0.2, 0.25) is 0 Å². The SMILES string of the molecule is CCCCCCCCC(CCC)(OC)C(OC(C)C)(OC(C)C)OC(C)C. The summed E-state index contributed by atoms with van der Waals surface area (Å²) < 4.78 is 25.4. The number of ether oxygens (including phenoxy) is 4. The lowest BCUT2D eigenvalue weighted by Crippen LogP contribution is -2.63. The predicted molar refractivity (Wildman–Crippen MR) is 114 cm³/mol. The van der Waals surface area contributed by atoms with Crippen LogP contribution in [0.1, 0.15) is 113 Å². The maximum Gasteiger partial charge on any atom is 0.314 e. The van der Waals surface area contributed by atoms with E-state index in [1.165, 1.54) is 32.1 Å². The number of unbranched alkanes of at least 4 members (excludes halogenated alkanes) is 5. The Morgan fingerprint density at radius 3 is 1.41 bits per heavy atom. The van der Waals surface area contributed by atoms with Crippen LogP contribution in [0.15, 0.2) is 0 Å². The van der Waals surface area contributed by atoms with Gasteiger partial charge in [-0.25, -0.2) is 0 Å². The van der Waals surface area contributed by atoms with Crippen LogP contribution >= 0.6 is 0 Å². The minimum Gasteiger partial charge on any atom is -0.370 e. The van der Waals surface area contributed by atoms with E-state index in [0.717, 1.165) is 25.7 Å². The first-order valence-electron chi connectivity index (χ1n) is 11.3. The normalized spacial score (nSPS) is 15.1. The summed E-state index contributed by atoms with van der Waals surface area (Å²) in [5.41, 5.74) is -0.620. The van der Waals surface area contributed by atoms with Gasteiger partial charge in [-0.15, -0.1) is 0 Å². The van der Waals surface area contributed by atoms with E-state index < -0.39 is 11.6 Å². The van der Waals surface area contributed by atoms with Gasteiger partial charge in [-0.05, 0) is 54.4 Å². The van der Waals surface area contributed by atoms with E-state index in [1.54, 1.807) is 7.11 Å². The third kappa shape index (κ3) is 9.25. The zero-order valence-corrected chi connectivity index (χ0v) is 19.7. The van der Waals surface area contributed by atoms with Gasteiger partial charge < -0.3 is 18.9 Å². The molecule has 0 saturated heterocycles. The Morgan fingerprint density at radius 1 is 0.593 bits per heavy atom. The van der Waals surface area contributed by atoms with Crippen molar-refractivity contribution in [3.05, 3.63) is 0 Å². The van der Waals surface area contributed by atoms with Crippen molar-refractivity contribution in [1.29, 1.82) is 0 Å². The summed E-state index contributed by atoms with van der Waals surface area (Å²) >= 11 is 0. The molecule has 0 aliphatic heterocycles. The van der Waals surface area contributed by atoms with Gasteiger partial charge in [-0.2, -0.15) is 0 Å². The molecule has 0 aliphatic rings. The van der Waals surface area contributed by atoms with Crippen molar-refractivity contribution in [3.63, 3.8) is 0 Å². The van der Waals surface area contributed by atoms with Crippen LogP contribution in [0.4, 0.5) is 0 Å². The summed E-state index contributed by atoms with van der Waals surface area (Å²) in [5.74, 6) is -1.20. The fourth-order valence-electron chi connectivity index (χ4n) is 3.69. The molecule has 1 unspecified atom stereocenters. The Hall–Kier alpha value is -0.160. The lowest BCUT2D eigenvalue weighted by atomic mass is 9.87. The second-order valence-corrected chi connectivity index (χ2v) is 8.52. The van der Waals surface area contributed by atoms with Crippen molar-refractivity contribution in [2.75, 3.05) is 7.11 Å². The molecule has 164 valence electrons. The smallest absolute Gasteiger partial charge is 0.314 e. The van der Waals surface area contributed by atoms with Crippen molar-refractivity contribution >= 4 is 0 Å². The molecule has 0 aromatic heterocycles. The summed E-state index contributed by atoms with van der Waals surface area (Å²) in [7, 11) is 1.78. The van der Waals surface area contributed by atoms with Crippen LogP contribution in [0.5, 0.6) is 0 Å². The number of hydrogen-bond donors (Lipinski definition) is 0. The molecule has 27 heavy (non-hydrogen) atoms. The molecule has 0 saturated carbocycles. The average Bonchev–Trinajstić information content (AvgIpc) is 2.54. The fourth-order valence-corrected chi connectivity index (χ4v) is 3.69. The topological polar surface area (TPSA) is 36.9 Å². The maximum atomic E-state index is 6.39. The van der Waals surface area contributed by atoms with Crippen LogP contribution in [0.3, 0.4) is 0 Å². The summed E-state index contributed by atoms with van der Waals surface area (Å²) in [6.45, 7) is 16.6. The van der Waals surface area contributed by atoms with E-state index in [9.17, 15) is 0 Å². The maximum absolute atomic E-state index is 6.39. The van der Waals surface area contributed by atoms with Gasteiger partial charge in [0, 0.05) is 7.11 Å². The third-order valence-corrected chi connectivity index (χ3v) is 4.71. The highest BCUT2D eigenvalue weighted by Gasteiger charge is 2.57. The van der Waals surface area contributed by atoms with Gasteiger partial charge in [0.15, 0.2) is 0 Å². The molecule has 4 heteroatoms. The Bertz CT molecular complexity index is 328. The second-order valence-electron chi connectivity index (χ2n) is 8.52. The first kappa shape index (κ1) is 26.8. The van der Waals surface area contributed by atoms with E-state index in [2.05, 4.69) is 13.8 Å². The molecular formula is C23H48O4. The van der Waals surface area contributed by atoms with Crippen LogP contribution in [0.2, 0.25) is 0 Å². The molecule has 4 nitrogen and oxygen atoms in total. The molecule has 0 aromatic rings. The Labute approximate surface area is 169 Å². The number of hydrogen-bond acceptors (Lipinski definition) is 4. The molecular weight excluding hydrogens is 340 g/mol. The van der Waals surface area contributed by atoms with Gasteiger partial charge in [-0.1, -0.05) is 58.8 Å². The van der Waals surface area contributed by atoms with Gasteiger partial charge in [0.25, 0.3) is 0 Å². The highest BCUT2D eigenvalue weighted by atomic mass is 16.9. The summed E-state index contributed by atoms with van der Waals surface area (Å²) in [6, 6.07) is 0. The van der Waals surface area contributed by atoms with Crippen LogP contribution in [0, 0.1) is 0 Å². The Balaban J connectivity index is 5.65. The fraction of sp³-hybridized carbons (Fsp3) is 1.00. The summed E-state index contributed by atoms with van der Waals surface area (Å²) in [6.07, 6.45) is 10.1. The largest absolute Gasteiger partial charge is 0.370 e. The average molecular weight is 389 g/mol. The van der Waals surface area contributed by atoms with Crippen molar-refractivity contribution < 1.29 is 18.9 Å². The quantitative estimate of drug-likeness (QED) is 0.202. The van der Waals surface area contributed by atoms with E-state index in [4.69, 9.17) is 18.9 Å². The van der Waals surface area contributed by atoms with Gasteiger partial charge in [-0.3, -0.25) is 0 Å². The summed E-state index contributed by atoms with van der Waals surface area (Å²) in [4.78, 5) is 0. The zero-order valence-electron chi connectivity index (χ0n) is 19.7. The third-order valence-electron chi connectivity index (χ3n) is 4.71. The van der Waals surface area contributed by atoms with Gasteiger partial charge in [0.1, 0.15) is 5.60 Å². The molecule has 0 N–H and O–H groups in total. The number of methoxy groups -OCH3 is 1. The molecule has 0 spiro atoms. The van der Waals surface area contributed by atoms with Crippen molar-refractivity contribution in [3.8, 4) is 0 Å². The molecule has 1 atom stereocenters. The molecule has 0 aliphatic carbocycles. The second kappa shape index (κ2) is 13.9. The minimum atomic E-state index is -1.20. The van der Waals surface area contributed by atoms with E-state index in [-0.39, 0.29) is 18.3 Å². The lowest BCUT2D eigenvalue weighted by molar-refractivity contribution is -0.469. The van der Waals surface area contributed by atoms with E-state index >= 15 is 0 Å². The molecule has 0 bridgehead atoms. The Kier molecular flexibility index (Phi) is 13.8. The molecule has 0 amide bonds. The van der Waals surface area contributed by atoms with Crippen molar-refractivity contribution in [2.45, 2.75) is 143 Å². The van der Waals surface area contributed by atoms with Crippen molar-refractivity contribution in [1.82, 2.24) is 0 Å². The Morgan fingerprint density at radius 2 is 1.04 bits per heavy atom. The monoisotopic (exact) mass is 388 g/mol. The molecule has 0 rings (SSSR count). The molecule has 0 aromatic carbocycles. The highest BCUT2D eigenvalue weighted by molar-refractivity contribution is 4.92. The van der Waals surface area contributed by atoms with Crippen LogP contribution in [-0.4, -0.2) is 37.0 Å². The van der Waals surface area contributed by atoms with Gasteiger partial charge in [0.05, 0.1) is 18.3 Å². The van der Waals surface area contributed by atoms with E-state index in [1.807, 2.05) is 41.5 Å². The number of rotatable bonds is 17. The highest BCUT2D eigenvalue weighted by Crippen LogP contribution is 2.42. The van der Waals surface area contributed by atoms with Crippen LogP contribution < -0.4 is 0 Å². The zero-order chi connectivity index (χ0) is 20.9. The predicted octanol–water partition coefficient (Wildman–Crippen LogP) is 6.85. The molecule has 0 fully saturated rings. The standard InChI is InChI=1S/C23H48O4/c1-10-12-13-14-15-16-18-22(24-9,17-11-2)23(25-19(3)4,26-20(5)6)27-21(7)8/h19-21H,10-18H2,1-9H3. The van der Waals surface area contributed by atoms with Gasteiger partial charge >= 0.3 is 5.97 Å². The minimum absolute atomic E-state index is 0.0292. The summed E-state index contributed by atoms with van der Waals surface area (Å²) in [5, 5.41) is 0. The van der Waals surface area contributed by atoms with Crippen LogP contribution in [-0.2, 0) is 18.9 Å². The van der Waals surface area contributed by atoms with E-state index in [0.29, 0.717) is 0 Å².